The summed E-state index contributed by atoms with van der Waals surface area (Å²) in [4.78, 5) is 38.3. The zero-order valence-electron chi connectivity index (χ0n) is 13.8. The molecule has 0 spiro atoms. The fraction of sp³-hybridized carbons (Fsp3) is 0.353. The molecule has 0 saturated heterocycles. The number of esters is 1. The van der Waals surface area contributed by atoms with Gasteiger partial charge >= 0.3 is 11.9 Å². The zero-order chi connectivity index (χ0) is 17.9. The van der Waals surface area contributed by atoms with Gasteiger partial charge in [-0.15, -0.1) is 6.58 Å². The molecular weight excluding hydrogens is 312 g/mol. The van der Waals surface area contributed by atoms with Gasteiger partial charge < -0.3 is 9.57 Å². The van der Waals surface area contributed by atoms with Gasteiger partial charge in [0.15, 0.2) is 6.23 Å². The van der Waals surface area contributed by atoms with Crippen LogP contribution in [0.4, 0.5) is 0 Å². The molecule has 0 aliphatic heterocycles. The summed E-state index contributed by atoms with van der Waals surface area (Å²) in [6, 6.07) is 7.52. The number of ether oxygens (including phenoxy) is 1. The molecule has 0 heterocycles. The monoisotopic (exact) mass is 334 g/mol. The van der Waals surface area contributed by atoms with E-state index in [9.17, 15) is 14.4 Å². The third kappa shape index (κ3) is 7.06. The number of hydroxylamine groups is 1. The van der Waals surface area contributed by atoms with Gasteiger partial charge in [0.1, 0.15) is 6.42 Å². The Balaban J connectivity index is 2.64. The molecule has 24 heavy (non-hydrogen) atoms. The summed E-state index contributed by atoms with van der Waals surface area (Å²) < 4.78 is 5.27. The highest BCUT2D eigenvalue weighted by molar-refractivity contribution is 5.91. The van der Waals surface area contributed by atoms with Crippen LogP contribution in [0.1, 0.15) is 37.6 Å². The van der Waals surface area contributed by atoms with Crippen LogP contribution in [-0.4, -0.2) is 24.4 Å². The molecule has 7 nitrogen and oxygen atoms in total. The van der Waals surface area contributed by atoms with Crippen molar-refractivity contribution in [1.82, 2.24) is 10.8 Å². The molecule has 0 aliphatic carbocycles. The van der Waals surface area contributed by atoms with E-state index in [-0.39, 0.29) is 0 Å². The predicted octanol–water partition coefficient (Wildman–Crippen LogP) is 1.55. The van der Waals surface area contributed by atoms with Crippen LogP contribution in [0.2, 0.25) is 0 Å². The Morgan fingerprint density at radius 1 is 1.21 bits per heavy atom. The Hall–Kier alpha value is -2.67. The first-order chi connectivity index (χ1) is 11.5. The van der Waals surface area contributed by atoms with Gasteiger partial charge in [-0.25, -0.2) is 4.79 Å². The molecule has 1 aromatic carbocycles. The number of rotatable bonds is 8. The highest BCUT2D eigenvalue weighted by Gasteiger charge is 2.19. The van der Waals surface area contributed by atoms with Crippen molar-refractivity contribution in [3.8, 4) is 0 Å². The molecule has 0 bridgehead atoms. The zero-order valence-corrected chi connectivity index (χ0v) is 13.8. The quantitative estimate of drug-likeness (QED) is 0.246. The number of carbonyl (C=O) groups excluding carboxylic acids is 3. The van der Waals surface area contributed by atoms with Crippen molar-refractivity contribution < 1.29 is 24.0 Å². The van der Waals surface area contributed by atoms with E-state index < -0.39 is 30.5 Å². The largest absolute Gasteiger partial charge is 0.442 e. The van der Waals surface area contributed by atoms with Crippen LogP contribution < -0.4 is 10.8 Å². The molecule has 7 heteroatoms. The van der Waals surface area contributed by atoms with Crippen molar-refractivity contribution in [2.45, 2.75) is 32.9 Å². The van der Waals surface area contributed by atoms with E-state index in [1.165, 1.54) is 6.92 Å². The van der Waals surface area contributed by atoms with Crippen molar-refractivity contribution >= 4 is 17.8 Å². The van der Waals surface area contributed by atoms with Crippen LogP contribution in [0.15, 0.2) is 36.9 Å². The van der Waals surface area contributed by atoms with E-state index in [4.69, 9.17) is 4.74 Å². The first-order valence-corrected chi connectivity index (χ1v) is 7.55. The topological polar surface area (TPSA) is 93.7 Å². The van der Waals surface area contributed by atoms with Gasteiger partial charge in [0.05, 0.1) is 0 Å². The van der Waals surface area contributed by atoms with E-state index >= 15 is 0 Å². The summed E-state index contributed by atoms with van der Waals surface area (Å²) >= 11 is 0. The SMILES string of the molecule is C=CCc1ccc(C(NCC)OC(=O)CC(=O)ONC(C)=O)cc1. The van der Waals surface area contributed by atoms with E-state index in [0.29, 0.717) is 6.54 Å². The van der Waals surface area contributed by atoms with Crippen molar-refractivity contribution in [2.75, 3.05) is 6.54 Å². The Kier molecular flexibility index (Phi) is 8.21. The predicted molar refractivity (Wildman–Crippen MR) is 87.4 cm³/mol. The molecule has 1 atom stereocenters. The first-order valence-electron chi connectivity index (χ1n) is 7.55. The molecule has 0 saturated carbocycles. The lowest BCUT2D eigenvalue weighted by atomic mass is 10.1. The number of hydrogen-bond acceptors (Lipinski definition) is 6. The fourth-order valence-corrected chi connectivity index (χ4v) is 1.86. The molecular formula is C17H22N2O5. The molecule has 0 aliphatic rings. The van der Waals surface area contributed by atoms with Gasteiger partial charge in [0.2, 0.25) is 5.91 Å². The molecule has 1 aromatic rings. The number of nitrogens with one attached hydrogen (secondary N) is 2. The number of amides is 1. The Morgan fingerprint density at radius 3 is 2.42 bits per heavy atom. The maximum atomic E-state index is 11.8. The smallest absolute Gasteiger partial charge is 0.343 e. The Morgan fingerprint density at radius 2 is 1.88 bits per heavy atom. The molecule has 130 valence electrons. The van der Waals surface area contributed by atoms with E-state index in [2.05, 4.69) is 16.7 Å². The Bertz CT molecular complexity index is 583. The summed E-state index contributed by atoms with van der Waals surface area (Å²) in [5, 5.41) is 3.02. The van der Waals surface area contributed by atoms with Crippen molar-refractivity contribution in [2.24, 2.45) is 0 Å². The average Bonchev–Trinajstić information content (AvgIpc) is 2.53. The van der Waals surface area contributed by atoms with Gasteiger partial charge in [-0.05, 0) is 18.5 Å². The van der Waals surface area contributed by atoms with E-state index in [1.54, 1.807) is 6.08 Å². The first kappa shape index (κ1) is 19.4. The highest BCUT2D eigenvalue weighted by atomic mass is 16.7. The molecule has 0 radical (unpaired) electrons. The van der Waals surface area contributed by atoms with Gasteiger partial charge in [0, 0.05) is 12.5 Å². The van der Waals surface area contributed by atoms with Crippen molar-refractivity contribution in [3.05, 3.63) is 48.0 Å². The van der Waals surface area contributed by atoms with Crippen LogP contribution in [0, 0.1) is 0 Å². The summed E-state index contributed by atoms with van der Waals surface area (Å²) in [6.45, 7) is 7.31. The second-order valence-corrected chi connectivity index (χ2v) is 4.97. The van der Waals surface area contributed by atoms with Gasteiger partial charge in [-0.2, -0.15) is 5.48 Å². The number of allylic oxidation sites excluding steroid dienone is 1. The third-order valence-corrected chi connectivity index (χ3v) is 2.90. The number of carbonyl (C=O) groups is 3. The Labute approximate surface area is 141 Å². The lowest BCUT2D eigenvalue weighted by Gasteiger charge is -2.19. The van der Waals surface area contributed by atoms with Crippen LogP contribution in [-0.2, 0) is 30.4 Å². The van der Waals surface area contributed by atoms with Crippen molar-refractivity contribution in [1.29, 1.82) is 0 Å². The molecule has 0 aromatic heterocycles. The normalized spacial score (nSPS) is 11.2. The molecule has 1 rings (SSSR count). The third-order valence-electron chi connectivity index (χ3n) is 2.90. The minimum absolute atomic E-state index is 0.540. The lowest BCUT2D eigenvalue weighted by molar-refractivity contribution is -0.165. The van der Waals surface area contributed by atoms with Crippen LogP contribution >= 0.6 is 0 Å². The lowest BCUT2D eigenvalue weighted by Crippen LogP contribution is -2.29. The molecule has 0 fully saturated rings. The second-order valence-electron chi connectivity index (χ2n) is 4.97. The van der Waals surface area contributed by atoms with Crippen molar-refractivity contribution in [3.63, 3.8) is 0 Å². The van der Waals surface area contributed by atoms with Gasteiger partial charge in [0.25, 0.3) is 0 Å². The van der Waals surface area contributed by atoms with Crippen LogP contribution in [0.5, 0.6) is 0 Å². The summed E-state index contributed by atoms with van der Waals surface area (Å²) in [5.41, 5.74) is 3.71. The maximum Gasteiger partial charge on any atom is 0.343 e. The van der Waals surface area contributed by atoms with Crippen LogP contribution in [0.25, 0.3) is 0 Å². The fourth-order valence-electron chi connectivity index (χ4n) is 1.86. The van der Waals surface area contributed by atoms with E-state index in [0.717, 1.165) is 17.5 Å². The van der Waals surface area contributed by atoms with E-state index in [1.807, 2.05) is 36.7 Å². The van der Waals surface area contributed by atoms with Gasteiger partial charge in [-0.1, -0.05) is 37.3 Å². The number of benzene rings is 1. The highest BCUT2D eigenvalue weighted by Crippen LogP contribution is 2.17. The number of hydrogen-bond donors (Lipinski definition) is 2. The molecule has 2 N–H and O–H groups in total. The standard InChI is InChI=1S/C17H22N2O5/c1-4-6-13-7-9-14(10-8-13)17(18-5-2)23-15(21)11-16(22)24-19-12(3)20/h4,7-10,17-18H,1,5-6,11H2,2-3H3,(H,19,20). The minimum atomic E-state index is -0.897. The van der Waals surface area contributed by atoms with Gasteiger partial charge in [-0.3, -0.25) is 14.9 Å². The molecule has 1 amide bonds. The summed E-state index contributed by atoms with van der Waals surface area (Å²) in [6.07, 6.45) is 1.28. The summed E-state index contributed by atoms with van der Waals surface area (Å²) in [5.74, 6) is -2.19. The molecule has 1 unspecified atom stereocenters. The average molecular weight is 334 g/mol. The summed E-state index contributed by atoms with van der Waals surface area (Å²) in [7, 11) is 0. The van der Waals surface area contributed by atoms with Crippen LogP contribution in [0.3, 0.4) is 0 Å². The maximum absolute atomic E-state index is 11.8. The minimum Gasteiger partial charge on any atom is -0.442 e. The second kappa shape index (κ2) is 10.2.